The predicted molar refractivity (Wildman–Crippen MR) is 74.8 cm³/mol. The lowest BCUT2D eigenvalue weighted by Crippen LogP contribution is -2.43. The van der Waals surface area contributed by atoms with Gasteiger partial charge in [0.2, 0.25) is 0 Å². The van der Waals surface area contributed by atoms with E-state index in [1.54, 1.807) is 6.20 Å². The summed E-state index contributed by atoms with van der Waals surface area (Å²) in [6, 6.07) is -0.854. The third kappa shape index (κ3) is 3.92. The number of H-pyrrole nitrogens is 1. The van der Waals surface area contributed by atoms with Crippen LogP contribution in [0.1, 0.15) is 22.1 Å². The van der Waals surface area contributed by atoms with Crippen LogP contribution in [0.25, 0.3) is 0 Å². The van der Waals surface area contributed by atoms with Crippen LogP contribution >= 0.6 is 0 Å². The number of aromatic nitrogens is 3. The molecule has 0 aromatic carbocycles. The van der Waals surface area contributed by atoms with E-state index in [0.29, 0.717) is 24.6 Å². The molecule has 2 aromatic heterocycles. The normalized spacial score (nSPS) is 11.9. The summed E-state index contributed by atoms with van der Waals surface area (Å²) in [5, 5.41) is 2.56. The van der Waals surface area contributed by atoms with E-state index in [4.69, 9.17) is 14.9 Å². The Hall–Kier alpha value is -2.68. The molecular weight excluding hydrogens is 290 g/mol. The van der Waals surface area contributed by atoms with Crippen LogP contribution in [0, 0.1) is 0 Å². The number of rotatable bonds is 7. The first kappa shape index (κ1) is 15.7. The van der Waals surface area contributed by atoms with Crippen molar-refractivity contribution in [3.8, 4) is 0 Å². The third-order valence-corrected chi connectivity index (χ3v) is 2.91. The van der Waals surface area contributed by atoms with Crippen molar-refractivity contribution >= 4 is 11.9 Å². The lowest BCUT2D eigenvalue weighted by Gasteiger charge is -2.14. The van der Waals surface area contributed by atoms with Gasteiger partial charge in [0.05, 0.1) is 13.4 Å². The molecular formula is C13H17N5O4. The second-order valence-electron chi connectivity index (χ2n) is 4.50. The fourth-order valence-corrected chi connectivity index (χ4v) is 1.84. The second kappa shape index (κ2) is 7.36. The number of nitrogens with one attached hydrogen (secondary N) is 2. The van der Waals surface area contributed by atoms with E-state index >= 15 is 0 Å². The van der Waals surface area contributed by atoms with Gasteiger partial charge in [-0.3, -0.25) is 4.79 Å². The van der Waals surface area contributed by atoms with Gasteiger partial charge in [-0.2, -0.15) is 0 Å². The minimum atomic E-state index is -0.854. The number of carbonyl (C=O) groups is 2. The summed E-state index contributed by atoms with van der Waals surface area (Å²) in [5.41, 5.74) is 6.17. The summed E-state index contributed by atoms with van der Waals surface area (Å²) in [4.78, 5) is 34.6. The molecule has 2 aromatic rings. The number of nitrogens with zero attached hydrogens (tertiary/aromatic N) is 2. The maximum Gasteiger partial charge on any atom is 0.328 e. The Morgan fingerprint density at radius 2 is 2.36 bits per heavy atom. The van der Waals surface area contributed by atoms with Gasteiger partial charge in [0, 0.05) is 31.3 Å². The van der Waals surface area contributed by atoms with E-state index in [2.05, 4.69) is 20.3 Å². The molecule has 22 heavy (non-hydrogen) atoms. The topological polar surface area (TPSA) is 136 Å². The SMILES string of the molecule is COC(=O)C(Cc1cnc[nH]1)NC(=O)c1coc(CCN)n1. The summed E-state index contributed by atoms with van der Waals surface area (Å²) in [7, 11) is 1.25. The van der Waals surface area contributed by atoms with Crippen molar-refractivity contribution in [1.82, 2.24) is 20.3 Å². The zero-order valence-electron chi connectivity index (χ0n) is 12.0. The summed E-state index contributed by atoms with van der Waals surface area (Å²) < 4.78 is 9.81. The van der Waals surface area contributed by atoms with Crippen LogP contribution < -0.4 is 11.1 Å². The molecule has 0 aliphatic carbocycles. The van der Waals surface area contributed by atoms with Gasteiger partial charge >= 0.3 is 5.97 Å². The molecule has 0 saturated carbocycles. The largest absolute Gasteiger partial charge is 0.467 e. The average Bonchev–Trinajstić information content (AvgIpc) is 3.17. The molecule has 0 aliphatic rings. The van der Waals surface area contributed by atoms with Gasteiger partial charge in [-0.25, -0.2) is 14.8 Å². The fraction of sp³-hybridized carbons (Fsp3) is 0.385. The Kier molecular flexibility index (Phi) is 5.26. The van der Waals surface area contributed by atoms with Crippen LogP contribution in [0.2, 0.25) is 0 Å². The van der Waals surface area contributed by atoms with Crippen molar-refractivity contribution in [2.24, 2.45) is 5.73 Å². The number of oxazole rings is 1. The molecule has 9 heteroatoms. The number of nitrogens with two attached hydrogens (primary N) is 1. The third-order valence-electron chi connectivity index (χ3n) is 2.91. The molecule has 0 aliphatic heterocycles. The van der Waals surface area contributed by atoms with Gasteiger partial charge in [0.25, 0.3) is 5.91 Å². The van der Waals surface area contributed by atoms with E-state index in [1.807, 2.05) is 0 Å². The smallest absolute Gasteiger partial charge is 0.328 e. The predicted octanol–water partition coefficient (Wildman–Crippen LogP) is -0.587. The number of ether oxygens (including phenoxy) is 1. The lowest BCUT2D eigenvalue weighted by molar-refractivity contribution is -0.142. The number of hydrogen-bond donors (Lipinski definition) is 3. The number of esters is 1. The van der Waals surface area contributed by atoms with Crippen LogP contribution in [0.3, 0.4) is 0 Å². The molecule has 0 radical (unpaired) electrons. The lowest BCUT2D eigenvalue weighted by atomic mass is 10.1. The van der Waals surface area contributed by atoms with Crippen molar-refractivity contribution in [2.75, 3.05) is 13.7 Å². The van der Waals surface area contributed by atoms with Crippen molar-refractivity contribution in [3.63, 3.8) is 0 Å². The number of aromatic amines is 1. The van der Waals surface area contributed by atoms with Crippen molar-refractivity contribution < 1.29 is 18.7 Å². The summed E-state index contributed by atoms with van der Waals surface area (Å²) in [5.74, 6) is -0.716. The first-order valence-electron chi connectivity index (χ1n) is 6.64. The Morgan fingerprint density at radius 3 is 3.00 bits per heavy atom. The molecule has 0 saturated heterocycles. The van der Waals surface area contributed by atoms with Gasteiger partial charge in [-0.05, 0) is 0 Å². The van der Waals surface area contributed by atoms with E-state index in [-0.39, 0.29) is 12.1 Å². The highest BCUT2D eigenvalue weighted by atomic mass is 16.5. The molecule has 118 valence electrons. The molecule has 2 heterocycles. The van der Waals surface area contributed by atoms with Crippen LogP contribution in [0.15, 0.2) is 23.2 Å². The van der Waals surface area contributed by atoms with E-state index < -0.39 is 17.9 Å². The number of hydrogen-bond acceptors (Lipinski definition) is 7. The van der Waals surface area contributed by atoms with Gasteiger partial charge in [-0.15, -0.1) is 0 Å². The Labute approximate surface area is 126 Å². The Morgan fingerprint density at radius 1 is 1.55 bits per heavy atom. The average molecular weight is 307 g/mol. The summed E-state index contributed by atoms with van der Waals surface area (Å²) in [6.07, 6.45) is 4.94. The quantitative estimate of drug-likeness (QED) is 0.582. The number of methoxy groups -OCH3 is 1. The number of imidazole rings is 1. The van der Waals surface area contributed by atoms with Crippen LogP contribution in [0.5, 0.6) is 0 Å². The standard InChI is InChI=1S/C13H17N5O4/c1-21-13(20)9(4-8-5-15-7-16-8)18-12(19)10-6-22-11(17-10)2-3-14/h5-7,9H,2-4,14H2,1H3,(H,15,16)(H,18,19). The minimum Gasteiger partial charge on any atom is -0.467 e. The summed E-state index contributed by atoms with van der Waals surface area (Å²) >= 11 is 0. The maximum atomic E-state index is 12.1. The van der Waals surface area contributed by atoms with Crippen LogP contribution in [-0.2, 0) is 22.4 Å². The second-order valence-corrected chi connectivity index (χ2v) is 4.50. The monoisotopic (exact) mass is 307 g/mol. The Balaban J connectivity index is 2.04. The fourth-order valence-electron chi connectivity index (χ4n) is 1.84. The van der Waals surface area contributed by atoms with Crippen molar-refractivity contribution in [1.29, 1.82) is 0 Å². The summed E-state index contributed by atoms with van der Waals surface area (Å²) in [6.45, 7) is 0.367. The minimum absolute atomic E-state index is 0.0852. The number of amides is 1. The van der Waals surface area contributed by atoms with Crippen molar-refractivity contribution in [3.05, 3.63) is 36.1 Å². The highest BCUT2D eigenvalue weighted by molar-refractivity contribution is 5.95. The molecule has 0 spiro atoms. The zero-order chi connectivity index (χ0) is 15.9. The van der Waals surface area contributed by atoms with Gasteiger partial charge in [-0.1, -0.05) is 0 Å². The molecule has 0 bridgehead atoms. The van der Waals surface area contributed by atoms with E-state index in [1.165, 1.54) is 19.7 Å². The van der Waals surface area contributed by atoms with E-state index in [0.717, 1.165) is 0 Å². The van der Waals surface area contributed by atoms with Gasteiger partial charge < -0.3 is 25.2 Å². The molecule has 0 fully saturated rings. The van der Waals surface area contributed by atoms with Crippen molar-refractivity contribution in [2.45, 2.75) is 18.9 Å². The first-order chi connectivity index (χ1) is 10.6. The highest BCUT2D eigenvalue weighted by Crippen LogP contribution is 2.05. The van der Waals surface area contributed by atoms with Gasteiger partial charge in [0.15, 0.2) is 11.6 Å². The Bertz CT molecular complexity index is 622. The first-order valence-corrected chi connectivity index (χ1v) is 6.64. The van der Waals surface area contributed by atoms with E-state index in [9.17, 15) is 9.59 Å². The van der Waals surface area contributed by atoms with Gasteiger partial charge in [0.1, 0.15) is 12.3 Å². The number of carbonyl (C=O) groups excluding carboxylic acids is 2. The van der Waals surface area contributed by atoms with Crippen LogP contribution in [0.4, 0.5) is 0 Å². The molecule has 1 atom stereocenters. The zero-order valence-corrected chi connectivity index (χ0v) is 12.0. The molecule has 2 rings (SSSR count). The molecule has 1 unspecified atom stereocenters. The maximum absolute atomic E-state index is 12.1. The molecule has 9 nitrogen and oxygen atoms in total. The molecule has 1 amide bonds. The van der Waals surface area contributed by atoms with Crippen LogP contribution in [-0.4, -0.2) is 46.5 Å². The highest BCUT2D eigenvalue weighted by Gasteiger charge is 2.24. The molecule has 4 N–H and O–H groups in total.